The van der Waals surface area contributed by atoms with Gasteiger partial charge in [0.2, 0.25) is 0 Å². The largest absolute Gasteiger partial charge is 0.435 e. The van der Waals surface area contributed by atoms with Gasteiger partial charge in [-0.1, -0.05) is 43.0 Å². The molecule has 0 aliphatic rings. The van der Waals surface area contributed by atoms with Gasteiger partial charge >= 0.3 is 0 Å². The Hall–Kier alpha value is -3.13. The van der Waals surface area contributed by atoms with Crippen LogP contribution in [-0.4, -0.2) is 4.98 Å². The molecule has 5 rings (SSSR count). The van der Waals surface area contributed by atoms with Crippen molar-refractivity contribution in [2.75, 3.05) is 0 Å². The molecule has 5 aromatic rings. The van der Waals surface area contributed by atoms with Crippen LogP contribution in [0.5, 0.6) is 0 Å². The Morgan fingerprint density at radius 3 is 2.45 bits per heavy atom. The molecule has 0 fully saturated rings. The van der Waals surface area contributed by atoms with Crippen LogP contribution in [-0.2, 0) is 0 Å². The van der Waals surface area contributed by atoms with Gasteiger partial charge in [-0.05, 0) is 54.7 Å². The minimum atomic E-state index is 0.435. The number of hydrogen-bond acceptors (Lipinski definition) is 4. The fourth-order valence-electron chi connectivity index (χ4n) is 3.48. The van der Waals surface area contributed by atoms with Crippen LogP contribution in [0, 0.1) is 25.7 Å². The van der Waals surface area contributed by atoms with Crippen LogP contribution in [0.3, 0.4) is 0 Å². The quantitative estimate of drug-likeness (QED) is 0.222. The van der Waals surface area contributed by atoms with Crippen LogP contribution < -0.4 is 0 Å². The average Bonchev–Trinajstić information content (AvgIpc) is 3.39. The molecule has 0 N–H and O–H groups in total. The van der Waals surface area contributed by atoms with Crippen molar-refractivity contribution in [3.05, 3.63) is 82.2 Å². The lowest BCUT2D eigenvalue weighted by Gasteiger charge is -2.00. The van der Waals surface area contributed by atoms with Crippen molar-refractivity contribution in [1.82, 2.24) is 4.98 Å². The number of aromatic nitrogens is 1. The molecular weight excluding hydrogens is 394 g/mol. The molecule has 0 atom stereocenters. The molecular formula is C25H17NOS2. The summed E-state index contributed by atoms with van der Waals surface area (Å²) in [6, 6.07) is 13.3. The van der Waals surface area contributed by atoms with E-state index in [4.69, 9.17) is 4.42 Å². The third kappa shape index (κ3) is 3.19. The predicted octanol–water partition coefficient (Wildman–Crippen LogP) is 7.47. The fourth-order valence-corrected chi connectivity index (χ4v) is 5.56. The predicted molar refractivity (Wildman–Crippen MR) is 126 cm³/mol. The first-order chi connectivity index (χ1) is 14.1. The van der Waals surface area contributed by atoms with E-state index < -0.39 is 0 Å². The van der Waals surface area contributed by atoms with Crippen LogP contribution in [0.2, 0.25) is 0 Å². The highest BCUT2D eigenvalue weighted by Crippen LogP contribution is 2.38. The number of hydrogen-bond donors (Lipinski definition) is 0. The van der Waals surface area contributed by atoms with Gasteiger partial charge in [-0.15, -0.1) is 22.7 Å². The van der Waals surface area contributed by atoms with Gasteiger partial charge in [-0.3, -0.25) is 0 Å². The average molecular weight is 412 g/mol. The van der Waals surface area contributed by atoms with Gasteiger partial charge in [0, 0.05) is 25.0 Å². The molecule has 0 spiro atoms. The summed E-state index contributed by atoms with van der Waals surface area (Å²) in [5.74, 6) is 7.48. The highest BCUT2D eigenvalue weighted by Gasteiger charge is 2.10. The Bertz CT molecular complexity index is 1500. The van der Waals surface area contributed by atoms with Crippen molar-refractivity contribution >= 4 is 59.7 Å². The van der Waals surface area contributed by atoms with Crippen molar-refractivity contribution in [2.24, 2.45) is 0 Å². The van der Waals surface area contributed by atoms with Crippen molar-refractivity contribution in [1.29, 1.82) is 0 Å². The summed E-state index contributed by atoms with van der Waals surface area (Å²) in [5.41, 5.74) is 0.784. The number of thiophene rings is 2. The summed E-state index contributed by atoms with van der Waals surface area (Å²) >= 11 is 3.58. The topological polar surface area (TPSA) is 26.0 Å². The molecule has 2 aromatic carbocycles. The van der Waals surface area contributed by atoms with E-state index >= 15 is 0 Å². The number of oxazole rings is 1. The Morgan fingerprint density at radius 2 is 1.69 bits per heavy atom. The third-order valence-corrected chi connectivity index (χ3v) is 7.00. The van der Waals surface area contributed by atoms with Crippen molar-refractivity contribution in [3.63, 3.8) is 0 Å². The number of aryl methyl sites for hydroxylation is 2. The van der Waals surface area contributed by atoms with Gasteiger partial charge in [-0.2, -0.15) is 0 Å². The highest BCUT2D eigenvalue weighted by molar-refractivity contribution is 7.21. The van der Waals surface area contributed by atoms with E-state index in [0.29, 0.717) is 5.89 Å². The van der Waals surface area contributed by atoms with Gasteiger partial charge in [0.05, 0.1) is 4.88 Å². The molecule has 0 radical (unpaired) electrons. The van der Waals surface area contributed by atoms with Crippen LogP contribution in [0.1, 0.15) is 27.1 Å². The molecule has 0 unspecified atom stereocenters. The molecule has 0 aliphatic heterocycles. The maximum atomic E-state index is 5.66. The van der Waals surface area contributed by atoms with Gasteiger partial charge in [0.1, 0.15) is 11.5 Å². The molecule has 0 amide bonds. The van der Waals surface area contributed by atoms with Crippen molar-refractivity contribution in [2.45, 2.75) is 13.8 Å². The second-order valence-electron chi connectivity index (χ2n) is 6.84. The lowest BCUT2D eigenvalue weighted by atomic mass is 10.1. The molecule has 0 bridgehead atoms. The van der Waals surface area contributed by atoms with Gasteiger partial charge in [-0.25, -0.2) is 4.98 Å². The molecule has 0 saturated heterocycles. The summed E-state index contributed by atoms with van der Waals surface area (Å²) in [4.78, 5) is 6.78. The molecule has 0 saturated carbocycles. The molecule has 140 valence electrons. The minimum absolute atomic E-state index is 0.435. The van der Waals surface area contributed by atoms with Crippen molar-refractivity contribution in [3.8, 4) is 11.8 Å². The molecule has 0 aliphatic carbocycles. The van der Waals surface area contributed by atoms with Crippen LogP contribution >= 0.6 is 22.7 Å². The van der Waals surface area contributed by atoms with Crippen LogP contribution in [0.15, 0.2) is 59.5 Å². The first kappa shape index (κ1) is 17.9. The summed E-state index contributed by atoms with van der Waals surface area (Å²) < 4.78 is 8.30. The van der Waals surface area contributed by atoms with Gasteiger partial charge in [0.15, 0.2) is 0 Å². The standard InChI is InChI=1S/C25H17NOS2/c1-4-5-6-22-16(3)27-23(26-22)12-9-19-14-18-8-11-20-21(25(18)29-19)10-7-17-13-15(2)28-24(17)20/h4-8,10-11,13-14H,1H2,2-3H3/b6-5-. The first-order valence-electron chi connectivity index (χ1n) is 9.26. The normalized spacial score (nSPS) is 11.5. The van der Waals surface area contributed by atoms with Gasteiger partial charge in [0.25, 0.3) is 5.89 Å². The van der Waals surface area contributed by atoms with E-state index in [0.717, 1.165) is 16.3 Å². The van der Waals surface area contributed by atoms with E-state index in [1.807, 2.05) is 30.4 Å². The number of rotatable bonds is 2. The highest BCUT2D eigenvalue weighted by atomic mass is 32.1. The zero-order chi connectivity index (χ0) is 20.0. The number of fused-ring (bicyclic) bond motifs is 5. The monoisotopic (exact) mass is 411 g/mol. The summed E-state index contributed by atoms with van der Waals surface area (Å²) in [5, 5.41) is 5.14. The van der Waals surface area contributed by atoms with E-state index in [1.165, 1.54) is 35.8 Å². The Kier molecular flexibility index (Phi) is 4.35. The van der Waals surface area contributed by atoms with Crippen LogP contribution in [0.4, 0.5) is 0 Å². The maximum absolute atomic E-state index is 5.66. The van der Waals surface area contributed by atoms with E-state index in [9.17, 15) is 0 Å². The number of nitrogens with zero attached hydrogens (tertiary/aromatic N) is 1. The number of allylic oxidation sites excluding steroid dienone is 2. The lowest BCUT2D eigenvalue weighted by molar-refractivity contribution is 0.514. The maximum Gasteiger partial charge on any atom is 0.274 e. The second-order valence-corrected chi connectivity index (χ2v) is 9.14. The smallest absolute Gasteiger partial charge is 0.274 e. The fraction of sp³-hybridized carbons (Fsp3) is 0.0800. The van der Waals surface area contributed by atoms with Gasteiger partial charge < -0.3 is 4.42 Å². The zero-order valence-electron chi connectivity index (χ0n) is 16.1. The molecule has 4 heteroatoms. The van der Waals surface area contributed by atoms with E-state index in [2.05, 4.69) is 66.7 Å². The first-order valence-corrected chi connectivity index (χ1v) is 10.9. The molecule has 2 nitrogen and oxygen atoms in total. The minimum Gasteiger partial charge on any atom is -0.435 e. The second kappa shape index (κ2) is 7.04. The molecule has 3 heterocycles. The summed E-state index contributed by atoms with van der Waals surface area (Å²) in [6.07, 6.45) is 5.42. The van der Waals surface area contributed by atoms with Crippen molar-refractivity contribution < 1.29 is 4.42 Å². The SMILES string of the molecule is C=C/C=C\c1nc(C#Cc2cc3ccc4c(ccc5cc(C)sc54)c3s2)oc1C. The Balaban J connectivity index is 1.58. The van der Waals surface area contributed by atoms with E-state index in [1.54, 1.807) is 17.4 Å². The third-order valence-electron chi connectivity index (χ3n) is 4.80. The number of benzene rings is 2. The van der Waals surface area contributed by atoms with E-state index in [-0.39, 0.29) is 0 Å². The lowest BCUT2D eigenvalue weighted by Crippen LogP contribution is -1.75. The zero-order valence-corrected chi connectivity index (χ0v) is 17.7. The summed E-state index contributed by atoms with van der Waals surface area (Å²) in [7, 11) is 0. The van der Waals surface area contributed by atoms with Crippen LogP contribution in [0.25, 0.3) is 37.0 Å². The Labute approximate surface area is 176 Å². The molecule has 29 heavy (non-hydrogen) atoms. The summed E-state index contributed by atoms with van der Waals surface area (Å²) in [6.45, 7) is 7.73. The Morgan fingerprint density at radius 1 is 0.966 bits per heavy atom. The molecule has 3 aromatic heterocycles.